The van der Waals surface area contributed by atoms with Crippen molar-refractivity contribution < 1.29 is 24.4 Å². The summed E-state index contributed by atoms with van der Waals surface area (Å²) in [4.78, 5) is 21.2. The van der Waals surface area contributed by atoms with Crippen LogP contribution in [0.1, 0.15) is 12.6 Å². The lowest BCUT2D eigenvalue weighted by atomic mass is 10.2. The highest BCUT2D eigenvalue weighted by atomic mass is 35.5. The molecule has 8 heteroatoms. The van der Waals surface area contributed by atoms with Gasteiger partial charge in [0.1, 0.15) is 11.4 Å². The normalized spacial score (nSPS) is 10.0. The van der Waals surface area contributed by atoms with Gasteiger partial charge in [0.25, 0.3) is 0 Å². The van der Waals surface area contributed by atoms with Crippen LogP contribution in [-0.2, 0) is 16.0 Å². The minimum Gasteiger partial charge on any atom is -0.466 e. The van der Waals surface area contributed by atoms with Gasteiger partial charge in [0.2, 0.25) is 6.20 Å². The van der Waals surface area contributed by atoms with Gasteiger partial charge in [-0.25, -0.2) is 0 Å². The molecule has 0 saturated heterocycles. The Morgan fingerprint density at radius 3 is 2.88 bits per heavy atom. The van der Waals surface area contributed by atoms with E-state index in [1.165, 1.54) is 0 Å². The molecule has 1 heterocycles. The Morgan fingerprint density at radius 1 is 1.71 bits per heavy atom. The third kappa shape index (κ3) is 3.28. The van der Waals surface area contributed by atoms with Crippen LogP contribution in [0.3, 0.4) is 0 Å². The van der Waals surface area contributed by atoms with Crippen molar-refractivity contribution in [1.29, 1.82) is 0 Å². The fourth-order valence-corrected chi connectivity index (χ4v) is 1.44. The Balaban J connectivity index is 3.12. The van der Waals surface area contributed by atoms with Crippen LogP contribution in [-0.4, -0.2) is 22.7 Å². The largest absolute Gasteiger partial charge is 0.466 e. The van der Waals surface area contributed by atoms with Crippen molar-refractivity contribution in [3.05, 3.63) is 33.1 Å². The second-order valence-corrected chi connectivity index (χ2v) is 3.51. The number of carbonyl (C=O) groups excluding carboxylic acids is 1. The number of rotatable bonds is 4. The van der Waals surface area contributed by atoms with E-state index >= 15 is 0 Å². The molecule has 0 bridgehead atoms. The fourth-order valence-electron chi connectivity index (χ4n) is 1.24. The summed E-state index contributed by atoms with van der Waals surface area (Å²) in [7, 11) is 0. The summed E-state index contributed by atoms with van der Waals surface area (Å²) in [5.74, 6) is -0.666. The van der Waals surface area contributed by atoms with E-state index in [1.54, 1.807) is 6.92 Å². The number of aromatic nitrogens is 1. The van der Waals surface area contributed by atoms with Crippen molar-refractivity contribution in [2.24, 2.45) is 0 Å². The first-order valence-corrected chi connectivity index (χ1v) is 5.06. The number of nitrogens with zero attached hydrogens (tertiary/aromatic N) is 2. The van der Waals surface area contributed by atoms with E-state index in [-0.39, 0.29) is 17.3 Å². The first-order valence-electron chi connectivity index (χ1n) is 4.69. The molecule has 1 aromatic rings. The summed E-state index contributed by atoms with van der Waals surface area (Å²) < 4.78 is 5.10. The molecule has 0 radical (unpaired) electrons. The van der Waals surface area contributed by atoms with Crippen molar-refractivity contribution in [3.8, 4) is 0 Å². The molecule has 0 spiro atoms. The molecule has 1 N–H and O–H groups in total. The number of pyridine rings is 1. The average Bonchev–Trinajstić information content (AvgIpc) is 2.21. The van der Waals surface area contributed by atoms with Gasteiger partial charge >= 0.3 is 17.4 Å². The van der Waals surface area contributed by atoms with Crippen LogP contribution in [0.25, 0.3) is 0 Å². The van der Waals surface area contributed by atoms with Crippen molar-refractivity contribution >= 4 is 23.3 Å². The van der Waals surface area contributed by atoms with Gasteiger partial charge in [-0.2, -0.15) is 0 Å². The van der Waals surface area contributed by atoms with Gasteiger partial charge in [0.15, 0.2) is 0 Å². The van der Waals surface area contributed by atoms with Gasteiger partial charge in [0.05, 0.1) is 11.5 Å². The van der Waals surface area contributed by atoms with Crippen molar-refractivity contribution in [1.82, 2.24) is 0 Å². The average molecular weight is 262 g/mol. The van der Waals surface area contributed by atoms with Gasteiger partial charge in [0, 0.05) is 10.8 Å². The van der Waals surface area contributed by atoms with Crippen molar-refractivity contribution in [3.63, 3.8) is 0 Å². The minimum atomic E-state index is -0.729. The number of hydrogen-bond donors (Lipinski definition) is 1. The predicted octanol–water partition coefficient (Wildman–Crippen LogP) is 0.879. The lowest BCUT2D eigenvalue weighted by molar-refractivity contribution is -0.910. The number of ether oxygens (including phenoxy) is 1. The summed E-state index contributed by atoms with van der Waals surface area (Å²) in [6.07, 6.45) is 0.654. The molecule has 0 aliphatic heterocycles. The number of esters is 1. The zero-order valence-corrected chi connectivity index (χ0v) is 9.68. The minimum absolute atomic E-state index is 0.00758. The quantitative estimate of drug-likeness (QED) is 0.285. The molecular formula is C9H10ClN2O5+. The van der Waals surface area contributed by atoms with Gasteiger partial charge < -0.3 is 4.74 Å². The first kappa shape index (κ1) is 13.2. The molecule has 0 aromatic carbocycles. The summed E-state index contributed by atoms with van der Waals surface area (Å²) in [6, 6.07) is 1.06. The molecule has 1 aromatic heterocycles. The van der Waals surface area contributed by atoms with E-state index in [2.05, 4.69) is 4.74 Å². The summed E-state index contributed by atoms with van der Waals surface area (Å²) in [6.45, 7) is 1.77. The summed E-state index contributed by atoms with van der Waals surface area (Å²) >= 11 is 5.56. The van der Waals surface area contributed by atoms with E-state index in [9.17, 15) is 20.1 Å². The number of carbonyl (C=O) groups is 1. The third-order valence-electron chi connectivity index (χ3n) is 1.91. The van der Waals surface area contributed by atoms with Gasteiger partial charge in [-0.05, 0) is 6.92 Å². The van der Waals surface area contributed by atoms with E-state index in [4.69, 9.17) is 11.6 Å². The third-order valence-corrected chi connectivity index (χ3v) is 2.11. The zero-order valence-electron chi connectivity index (χ0n) is 8.92. The highest BCUT2D eigenvalue weighted by Gasteiger charge is 2.30. The maximum Gasteiger partial charge on any atom is 0.342 e. The standard InChI is InChI=1S/C9H10ClN2O5/c1-2-17-9(13)4-7-8(12(15)16)3-6(10)5-11(7)14/h3,5,14H,2,4H2,1H3/q+1. The Labute approximate surface area is 101 Å². The highest BCUT2D eigenvalue weighted by molar-refractivity contribution is 6.30. The number of halogens is 1. The molecule has 1 rings (SSSR count). The van der Waals surface area contributed by atoms with Crippen LogP contribution in [0.15, 0.2) is 12.3 Å². The molecule has 0 atom stereocenters. The van der Waals surface area contributed by atoms with Gasteiger partial charge in [-0.1, -0.05) is 11.6 Å². The smallest absolute Gasteiger partial charge is 0.342 e. The molecule has 92 valence electrons. The summed E-state index contributed by atoms with van der Waals surface area (Å²) in [5.41, 5.74) is -0.620. The molecule has 0 aliphatic rings. The topological polar surface area (TPSA) is 93.5 Å². The van der Waals surface area contributed by atoms with Crippen LogP contribution in [0.4, 0.5) is 5.69 Å². The fraction of sp³-hybridized carbons (Fsp3) is 0.333. The van der Waals surface area contributed by atoms with E-state index in [0.717, 1.165) is 12.3 Å². The van der Waals surface area contributed by atoms with Crippen LogP contribution in [0.5, 0.6) is 0 Å². The Hall–Kier alpha value is -1.89. The Bertz CT molecular complexity index is 463. The monoisotopic (exact) mass is 261 g/mol. The van der Waals surface area contributed by atoms with Crippen LogP contribution in [0, 0.1) is 10.1 Å². The summed E-state index contributed by atoms with van der Waals surface area (Å²) in [5, 5.41) is 20.2. The van der Waals surface area contributed by atoms with Crippen LogP contribution >= 0.6 is 11.6 Å². The van der Waals surface area contributed by atoms with E-state index in [0.29, 0.717) is 4.73 Å². The molecule has 0 aliphatic carbocycles. The van der Waals surface area contributed by atoms with Gasteiger partial charge in [-0.15, -0.1) is 0 Å². The zero-order chi connectivity index (χ0) is 13.0. The van der Waals surface area contributed by atoms with E-state index in [1.807, 2.05) is 0 Å². The Kier molecular flexibility index (Phi) is 4.22. The maximum atomic E-state index is 11.2. The highest BCUT2D eigenvalue weighted by Crippen LogP contribution is 2.19. The SMILES string of the molecule is CCOC(=O)Cc1c([N+](=O)[O-])cc(Cl)c[n+]1O. The molecule has 0 fully saturated rings. The second-order valence-electron chi connectivity index (χ2n) is 3.07. The van der Waals surface area contributed by atoms with Gasteiger partial charge in [-0.3, -0.25) is 20.1 Å². The second kappa shape index (κ2) is 5.44. The lowest BCUT2D eigenvalue weighted by Crippen LogP contribution is -2.37. The van der Waals surface area contributed by atoms with Crippen molar-refractivity contribution in [2.75, 3.05) is 6.61 Å². The maximum absolute atomic E-state index is 11.2. The lowest BCUT2D eigenvalue weighted by Gasteiger charge is -2.00. The van der Waals surface area contributed by atoms with Crippen LogP contribution in [0.2, 0.25) is 5.02 Å². The molecule has 0 unspecified atom stereocenters. The molecule has 17 heavy (non-hydrogen) atoms. The van der Waals surface area contributed by atoms with Crippen LogP contribution < -0.4 is 4.73 Å². The molecular weight excluding hydrogens is 252 g/mol. The van der Waals surface area contributed by atoms with Crippen molar-refractivity contribution in [2.45, 2.75) is 13.3 Å². The number of hydrogen-bond acceptors (Lipinski definition) is 5. The molecule has 0 amide bonds. The first-order chi connectivity index (χ1) is 7.95. The predicted molar refractivity (Wildman–Crippen MR) is 55.8 cm³/mol. The van der Waals surface area contributed by atoms with E-state index < -0.39 is 23.0 Å². The molecule has 7 nitrogen and oxygen atoms in total. The Morgan fingerprint density at radius 2 is 2.35 bits per heavy atom. The molecule has 0 saturated carbocycles. The number of nitro groups is 1.